The highest BCUT2D eigenvalue weighted by atomic mass is 35.5. The van der Waals surface area contributed by atoms with Crippen LogP contribution in [0.4, 0.5) is 5.69 Å². The van der Waals surface area contributed by atoms with Crippen molar-refractivity contribution in [2.24, 2.45) is 10.1 Å². The zero-order chi connectivity index (χ0) is 28.7. The number of aliphatic imine (C=N–C) groups is 1. The first-order valence-corrected chi connectivity index (χ1v) is 14.4. The summed E-state index contributed by atoms with van der Waals surface area (Å²) in [6.07, 6.45) is 2.65. The van der Waals surface area contributed by atoms with Crippen LogP contribution in [-0.4, -0.2) is 32.6 Å². The molecule has 0 saturated heterocycles. The maximum atomic E-state index is 11.7. The van der Waals surface area contributed by atoms with Gasteiger partial charge in [-0.3, -0.25) is 14.7 Å². The molecule has 0 aliphatic carbocycles. The number of nitrogens with zero attached hydrogens (tertiary/aromatic N) is 3. The van der Waals surface area contributed by atoms with Crippen LogP contribution in [0.5, 0.6) is 5.75 Å². The second kappa shape index (κ2) is 16.7. The van der Waals surface area contributed by atoms with Gasteiger partial charge in [-0.15, -0.1) is 0 Å². The molecule has 0 saturated carbocycles. The molecular weight excluding hydrogens is 543 g/mol. The number of benzene rings is 3. The number of anilines is 1. The summed E-state index contributed by atoms with van der Waals surface area (Å²) in [5, 5.41) is 17.4. The van der Waals surface area contributed by atoms with Crippen molar-refractivity contribution in [3.63, 3.8) is 0 Å². The third-order valence-electron chi connectivity index (χ3n) is 4.96. The highest BCUT2D eigenvalue weighted by Gasteiger charge is 2.18. The summed E-state index contributed by atoms with van der Waals surface area (Å²) in [4.78, 5) is 3.88. The number of amidine groups is 1. The molecule has 2 N–H and O–H groups in total. The van der Waals surface area contributed by atoms with Crippen LogP contribution < -0.4 is 9.73 Å². The van der Waals surface area contributed by atoms with Crippen LogP contribution in [0, 0.1) is 0 Å². The molecule has 0 bridgehead atoms. The minimum atomic E-state index is -3.53. The topological polar surface area (TPSA) is 94.4 Å². The molecule has 0 spiro atoms. The number of hydrazone groups is 1. The van der Waals surface area contributed by atoms with Gasteiger partial charge >= 0.3 is 0 Å². The molecule has 206 valence electrons. The lowest BCUT2D eigenvalue weighted by Crippen LogP contribution is -2.28. The number of phenolic OH excluding ortho intramolecular Hbond substituents is 1. The van der Waals surface area contributed by atoms with Crippen molar-refractivity contribution in [1.82, 2.24) is 4.72 Å². The van der Waals surface area contributed by atoms with E-state index >= 15 is 0 Å². The van der Waals surface area contributed by atoms with E-state index in [9.17, 15) is 13.5 Å². The van der Waals surface area contributed by atoms with E-state index < -0.39 is 10.0 Å². The fourth-order valence-electron chi connectivity index (χ4n) is 3.02. The van der Waals surface area contributed by atoms with Gasteiger partial charge < -0.3 is 5.11 Å². The molecule has 0 heterocycles. The van der Waals surface area contributed by atoms with Crippen molar-refractivity contribution in [3.05, 3.63) is 88.4 Å². The Labute approximate surface area is 236 Å². The molecular formula is C28H36Cl2N4O3S. The van der Waals surface area contributed by atoms with Crippen molar-refractivity contribution in [2.45, 2.75) is 52.0 Å². The largest absolute Gasteiger partial charge is 0.506 e. The van der Waals surface area contributed by atoms with Crippen LogP contribution >= 0.6 is 23.2 Å². The molecule has 3 aromatic rings. The minimum absolute atomic E-state index is 0.000996. The first-order valence-electron chi connectivity index (χ1n) is 12.2. The van der Waals surface area contributed by atoms with E-state index in [1.165, 1.54) is 37.4 Å². The molecule has 1 atom stereocenters. The molecule has 10 heteroatoms. The third kappa shape index (κ3) is 10.4. The Kier molecular flexibility index (Phi) is 14.5. The SMILES string of the molecule is CC.CC/C=N\N(c1ccc(Cl)cc1O)C(C)c1ccccc1.CN=C(C)NS(=O)(=O)c1ccc(Cl)cc1. The van der Waals surface area contributed by atoms with E-state index in [0.717, 1.165) is 12.0 Å². The van der Waals surface area contributed by atoms with Gasteiger partial charge in [0.1, 0.15) is 17.3 Å². The van der Waals surface area contributed by atoms with Gasteiger partial charge in [-0.25, -0.2) is 8.42 Å². The number of aromatic hydroxyl groups is 1. The van der Waals surface area contributed by atoms with Gasteiger partial charge in [0.25, 0.3) is 10.0 Å². The van der Waals surface area contributed by atoms with E-state index in [1.54, 1.807) is 19.1 Å². The van der Waals surface area contributed by atoms with Crippen molar-refractivity contribution >= 4 is 51.0 Å². The smallest absolute Gasteiger partial charge is 0.262 e. The van der Waals surface area contributed by atoms with Crippen molar-refractivity contribution in [1.29, 1.82) is 0 Å². The van der Waals surface area contributed by atoms with Crippen molar-refractivity contribution < 1.29 is 13.5 Å². The van der Waals surface area contributed by atoms with E-state index in [0.29, 0.717) is 21.6 Å². The molecule has 0 aliphatic heterocycles. The van der Waals surface area contributed by atoms with Gasteiger partial charge in [0.2, 0.25) is 0 Å². The zero-order valence-corrected chi connectivity index (χ0v) is 24.9. The van der Waals surface area contributed by atoms with Crippen molar-refractivity contribution in [3.8, 4) is 5.75 Å². The number of rotatable bonds is 7. The predicted octanol–water partition coefficient (Wildman–Crippen LogP) is 7.70. The number of hydrogen-bond acceptors (Lipinski definition) is 6. The Morgan fingerprint density at radius 2 is 1.61 bits per heavy atom. The molecule has 0 radical (unpaired) electrons. The summed E-state index contributed by atoms with van der Waals surface area (Å²) in [6, 6.07) is 21.1. The average molecular weight is 580 g/mol. The van der Waals surface area contributed by atoms with Gasteiger partial charge in [-0.2, -0.15) is 5.10 Å². The normalized spacial score (nSPS) is 12.1. The standard InChI is InChI=1S/C17H19ClN2O.C9H11ClN2O2S.C2H6/c1-3-11-19-20(13(2)14-7-5-4-6-8-14)16-10-9-15(18)12-17(16)21;1-7(11-2)12-15(13,14)9-5-3-8(10)4-6-9;1-2/h4-13,21H,3H2,1-2H3;3-6H,1-2H3,(H,11,12);1-2H3/b19-11-;;. The number of halogens is 2. The molecule has 0 aromatic heterocycles. The minimum Gasteiger partial charge on any atom is -0.506 e. The predicted molar refractivity (Wildman–Crippen MR) is 161 cm³/mol. The monoisotopic (exact) mass is 578 g/mol. The number of hydrogen-bond donors (Lipinski definition) is 2. The van der Waals surface area contributed by atoms with E-state index in [1.807, 2.05) is 62.3 Å². The lowest BCUT2D eigenvalue weighted by atomic mass is 10.1. The fourth-order valence-corrected chi connectivity index (χ4v) is 4.40. The van der Waals surface area contributed by atoms with Crippen molar-refractivity contribution in [2.75, 3.05) is 12.1 Å². The van der Waals surface area contributed by atoms with Crippen LogP contribution in [0.15, 0.2) is 87.8 Å². The van der Waals surface area contributed by atoms with E-state index in [-0.39, 0.29) is 16.7 Å². The van der Waals surface area contributed by atoms with E-state index in [4.69, 9.17) is 23.2 Å². The Hall–Kier alpha value is -3.07. The maximum Gasteiger partial charge on any atom is 0.262 e. The summed E-state index contributed by atoms with van der Waals surface area (Å²) < 4.78 is 25.7. The van der Waals surface area contributed by atoms with Crippen LogP contribution in [0.25, 0.3) is 0 Å². The molecule has 38 heavy (non-hydrogen) atoms. The van der Waals surface area contributed by atoms with Gasteiger partial charge in [0.15, 0.2) is 0 Å². The van der Waals surface area contributed by atoms with Gasteiger partial charge in [-0.05, 0) is 62.2 Å². The summed E-state index contributed by atoms with van der Waals surface area (Å²) in [5.74, 6) is 0.462. The molecule has 3 rings (SSSR count). The molecule has 0 amide bonds. The zero-order valence-electron chi connectivity index (χ0n) is 22.6. The Balaban J connectivity index is 0.000000375. The Morgan fingerprint density at radius 3 is 2.13 bits per heavy atom. The Morgan fingerprint density at radius 1 is 1.03 bits per heavy atom. The van der Waals surface area contributed by atoms with Crippen LogP contribution in [0.3, 0.4) is 0 Å². The fraction of sp³-hybridized carbons (Fsp3) is 0.286. The highest BCUT2D eigenvalue weighted by Crippen LogP contribution is 2.35. The lowest BCUT2D eigenvalue weighted by Gasteiger charge is -2.27. The summed E-state index contributed by atoms with van der Waals surface area (Å²) >= 11 is 11.6. The molecule has 3 aromatic carbocycles. The summed E-state index contributed by atoms with van der Waals surface area (Å²) in [6.45, 7) is 9.65. The summed E-state index contributed by atoms with van der Waals surface area (Å²) in [5.41, 5.74) is 1.76. The van der Waals surface area contributed by atoms with Crippen LogP contribution in [-0.2, 0) is 10.0 Å². The average Bonchev–Trinajstić information content (AvgIpc) is 2.91. The third-order valence-corrected chi connectivity index (χ3v) is 6.91. The second-order valence-corrected chi connectivity index (χ2v) is 10.2. The van der Waals surface area contributed by atoms with Crippen LogP contribution in [0.1, 0.15) is 52.6 Å². The first-order chi connectivity index (χ1) is 18.1. The first kappa shape index (κ1) is 33.0. The molecule has 0 fully saturated rings. The van der Waals surface area contributed by atoms with Crippen LogP contribution in [0.2, 0.25) is 10.0 Å². The maximum absolute atomic E-state index is 11.7. The van der Waals surface area contributed by atoms with Gasteiger partial charge in [0.05, 0.1) is 10.9 Å². The van der Waals surface area contributed by atoms with Gasteiger partial charge in [0, 0.05) is 29.4 Å². The summed E-state index contributed by atoms with van der Waals surface area (Å²) in [7, 11) is -2.01. The second-order valence-electron chi connectivity index (χ2n) is 7.64. The Bertz CT molecular complexity index is 1280. The quantitative estimate of drug-likeness (QED) is 0.170. The number of phenols is 1. The molecule has 7 nitrogen and oxygen atoms in total. The number of nitrogens with one attached hydrogen (secondary N) is 1. The van der Waals surface area contributed by atoms with Gasteiger partial charge in [-0.1, -0.05) is 74.3 Å². The van der Waals surface area contributed by atoms with E-state index in [2.05, 4.69) is 21.7 Å². The molecule has 1 unspecified atom stereocenters. The lowest BCUT2D eigenvalue weighted by molar-refractivity contribution is 0.472. The molecule has 0 aliphatic rings. The highest BCUT2D eigenvalue weighted by molar-refractivity contribution is 7.90. The number of sulfonamides is 1.